The molecule has 82 valence electrons. The molecular weight excluding hydrogens is 199 g/mol. The molecule has 0 aliphatic rings. The van der Waals surface area contributed by atoms with Gasteiger partial charge in [-0.3, -0.25) is 4.94 Å². The SMILES string of the molecule is CCC(Cc1ccc(O)cc1)C(=O)OF. The number of hydrogen-bond donors (Lipinski definition) is 1. The minimum atomic E-state index is -0.842. The first kappa shape index (κ1) is 11.5. The average Bonchev–Trinajstić information content (AvgIpc) is 2.27. The molecule has 0 saturated heterocycles. The van der Waals surface area contributed by atoms with Gasteiger partial charge in [-0.05, 0) is 30.5 Å². The van der Waals surface area contributed by atoms with Crippen molar-refractivity contribution in [2.75, 3.05) is 0 Å². The largest absolute Gasteiger partial charge is 0.508 e. The first-order valence-electron chi connectivity index (χ1n) is 4.77. The second-order valence-electron chi connectivity index (χ2n) is 3.37. The minimum absolute atomic E-state index is 0.167. The Hall–Kier alpha value is -1.58. The van der Waals surface area contributed by atoms with Gasteiger partial charge in [0.2, 0.25) is 0 Å². The summed E-state index contributed by atoms with van der Waals surface area (Å²) in [7, 11) is 0. The zero-order valence-electron chi connectivity index (χ0n) is 8.44. The first-order valence-corrected chi connectivity index (χ1v) is 4.77. The van der Waals surface area contributed by atoms with Crippen LogP contribution in [0.3, 0.4) is 0 Å². The lowest BCUT2D eigenvalue weighted by atomic mass is 9.97. The van der Waals surface area contributed by atoms with Gasteiger partial charge in [0.05, 0.1) is 5.92 Å². The minimum Gasteiger partial charge on any atom is -0.508 e. The van der Waals surface area contributed by atoms with Crippen LogP contribution in [0.4, 0.5) is 4.53 Å². The Balaban J connectivity index is 2.66. The van der Waals surface area contributed by atoms with E-state index in [0.29, 0.717) is 12.8 Å². The predicted molar refractivity (Wildman–Crippen MR) is 52.8 cm³/mol. The summed E-state index contributed by atoms with van der Waals surface area (Å²) in [5, 5.41) is 9.05. The van der Waals surface area contributed by atoms with E-state index >= 15 is 0 Å². The monoisotopic (exact) mass is 212 g/mol. The first-order chi connectivity index (χ1) is 7.17. The number of halogens is 1. The Morgan fingerprint density at radius 3 is 2.53 bits per heavy atom. The van der Waals surface area contributed by atoms with Gasteiger partial charge in [0, 0.05) is 4.53 Å². The highest BCUT2D eigenvalue weighted by atomic mass is 19.3. The fourth-order valence-electron chi connectivity index (χ4n) is 1.37. The summed E-state index contributed by atoms with van der Waals surface area (Å²) in [6, 6.07) is 6.46. The molecule has 1 aromatic rings. The van der Waals surface area contributed by atoms with Crippen LogP contribution in [0.15, 0.2) is 24.3 Å². The van der Waals surface area contributed by atoms with E-state index in [9.17, 15) is 9.32 Å². The van der Waals surface area contributed by atoms with Crippen LogP contribution in [0, 0.1) is 5.92 Å². The van der Waals surface area contributed by atoms with Crippen LogP contribution >= 0.6 is 0 Å². The summed E-state index contributed by atoms with van der Waals surface area (Å²) >= 11 is 0. The van der Waals surface area contributed by atoms with E-state index in [1.165, 1.54) is 12.1 Å². The maximum Gasteiger partial charge on any atom is 0.352 e. The predicted octanol–water partition coefficient (Wildman–Crippen LogP) is 2.39. The standard InChI is InChI=1S/C11H13FO3/c1-2-9(11(14)15-12)7-8-3-5-10(13)6-4-8/h3-6,9,13H,2,7H2,1H3. The molecule has 0 aliphatic heterocycles. The second kappa shape index (κ2) is 5.34. The van der Waals surface area contributed by atoms with E-state index in [1.54, 1.807) is 19.1 Å². The molecule has 0 radical (unpaired) electrons. The Kier molecular flexibility index (Phi) is 4.09. The molecular formula is C11H13FO3. The quantitative estimate of drug-likeness (QED) is 0.833. The third-order valence-electron chi connectivity index (χ3n) is 2.32. The van der Waals surface area contributed by atoms with E-state index in [0.717, 1.165) is 5.56 Å². The van der Waals surface area contributed by atoms with Gasteiger partial charge in [-0.1, -0.05) is 19.1 Å². The van der Waals surface area contributed by atoms with Gasteiger partial charge in [-0.15, -0.1) is 0 Å². The normalized spacial score (nSPS) is 12.1. The summed E-state index contributed by atoms with van der Waals surface area (Å²) in [6.07, 6.45) is 0.934. The van der Waals surface area contributed by atoms with E-state index in [4.69, 9.17) is 5.11 Å². The third-order valence-corrected chi connectivity index (χ3v) is 2.32. The Bertz CT molecular complexity index is 321. The number of hydrogen-bond acceptors (Lipinski definition) is 3. The number of phenolic OH excluding ortho intramolecular Hbond substituents is 1. The number of carbonyl (C=O) groups is 1. The molecule has 4 heteroatoms. The van der Waals surface area contributed by atoms with Crippen molar-refractivity contribution in [3.63, 3.8) is 0 Å². The van der Waals surface area contributed by atoms with Crippen molar-refractivity contribution in [2.45, 2.75) is 19.8 Å². The Labute approximate surface area is 87.4 Å². The van der Waals surface area contributed by atoms with Crippen LogP contribution in [-0.4, -0.2) is 11.1 Å². The topological polar surface area (TPSA) is 46.5 Å². The lowest BCUT2D eigenvalue weighted by Crippen LogP contribution is -2.16. The Morgan fingerprint density at radius 2 is 2.07 bits per heavy atom. The zero-order valence-corrected chi connectivity index (χ0v) is 8.44. The lowest BCUT2D eigenvalue weighted by Gasteiger charge is -2.09. The molecule has 0 aromatic heterocycles. The number of benzene rings is 1. The molecule has 0 bridgehead atoms. The van der Waals surface area contributed by atoms with Gasteiger partial charge >= 0.3 is 5.97 Å². The number of rotatable bonds is 4. The summed E-state index contributed by atoms with van der Waals surface area (Å²) < 4.78 is 11.7. The second-order valence-corrected chi connectivity index (χ2v) is 3.37. The maximum absolute atomic E-state index is 11.7. The highest BCUT2D eigenvalue weighted by Crippen LogP contribution is 2.16. The summed E-state index contributed by atoms with van der Waals surface area (Å²) in [4.78, 5) is 14.2. The molecule has 15 heavy (non-hydrogen) atoms. The molecule has 0 spiro atoms. The molecule has 0 saturated carbocycles. The van der Waals surface area contributed by atoms with Crippen molar-refractivity contribution in [3.05, 3.63) is 29.8 Å². The van der Waals surface area contributed by atoms with Gasteiger partial charge in [0.1, 0.15) is 5.75 Å². The fraction of sp³-hybridized carbons (Fsp3) is 0.364. The van der Waals surface area contributed by atoms with E-state index < -0.39 is 11.9 Å². The van der Waals surface area contributed by atoms with Crippen molar-refractivity contribution in [2.24, 2.45) is 5.92 Å². The summed E-state index contributed by atoms with van der Waals surface area (Å²) in [5.74, 6) is -1.15. The summed E-state index contributed by atoms with van der Waals surface area (Å²) in [6.45, 7) is 1.79. The molecule has 0 fully saturated rings. The third kappa shape index (κ3) is 3.23. The van der Waals surface area contributed by atoms with Gasteiger partial charge < -0.3 is 5.11 Å². The van der Waals surface area contributed by atoms with Crippen molar-refractivity contribution in [3.8, 4) is 5.75 Å². The molecule has 1 N–H and O–H groups in total. The molecule has 1 rings (SSSR count). The van der Waals surface area contributed by atoms with Gasteiger partial charge in [0.15, 0.2) is 0 Å². The number of carbonyl (C=O) groups excluding carboxylic acids is 1. The van der Waals surface area contributed by atoms with E-state index in [1.807, 2.05) is 0 Å². The molecule has 0 amide bonds. The highest BCUT2D eigenvalue weighted by Gasteiger charge is 2.19. The van der Waals surface area contributed by atoms with Crippen molar-refractivity contribution in [1.82, 2.24) is 0 Å². The molecule has 3 nitrogen and oxygen atoms in total. The van der Waals surface area contributed by atoms with Crippen molar-refractivity contribution in [1.29, 1.82) is 0 Å². The van der Waals surface area contributed by atoms with Crippen LogP contribution in [0.1, 0.15) is 18.9 Å². The molecule has 1 aromatic carbocycles. The van der Waals surface area contributed by atoms with E-state index in [2.05, 4.69) is 4.94 Å². The Morgan fingerprint density at radius 1 is 1.47 bits per heavy atom. The lowest BCUT2D eigenvalue weighted by molar-refractivity contribution is -0.189. The number of aromatic hydroxyl groups is 1. The molecule has 1 atom stereocenters. The van der Waals surface area contributed by atoms with Crippen LogP contribution in [0.25, 0.3) is 0 Å². The highest BCUT2D eigenvalue weighted by molar-refractivity contribution is 5.72. The van der Waals surface area contributed by atoms with Gasteiger partial charge in [-0.2, -0.15) is 0 Å². The molecule has 0 heterocycles. The van der Waals surface area contributed by atoms with Crippen LogP contribution < -0.4 is 0 Å². The van der Waals surface area contributed by atoms with Crippen molar-refractivity contribution >= 4 is 5.97 Å². The average molecular weight is 212 g/mol. The number of phenols is 1. The maximum atomic E-state index is 11.7. The molecule has 1 unspecified atom stereocenters. The van der Waals surface area contributed by atoms with Crippen LogP contribution in [0.2, 0.25) is 0 Å². The van der Waals surface area contributed by atoms with Crippen LogP contribution in [0.5, 0.6) is 5.75 Å². The van der Waals surface area contributed by atoms with Crippen LogP contribution in [-0.2, 0) is 16.2 Å². The van der Waals surface area contributed by atoms with Crippen molar-refractivity contribution < 1.29 is 19.4 Å². The van der Waals surface area contributed by atoms with E-state index in [-0.39, 0.29) is 5.75 Å². The summed E-state index contributed by atoms with van der Waals surface area (Å²) in [5.41, 5.74) is 0.866. The smallest absolute Gasteiger partial charge is 0.352 e. The van der Waals surface area contributed by atoms with Gasteiger partial charge in [-0.25, -0.2) is 4.79 Å². The van der Waals surface area contributed by atoms with Gasteiger partial charge in [0.25, 0.3) is 0 Å². The fourth-order valence-corrected chi connectivity index (χ4v) is 1.37. The molecule has 0 aliphatic carbocycles. The zero-order chi connectivity index (χ0) is 11.3.